The number of benzene rings is 16. The van der Waals surface area contributed by atoms with E-state index in [2.05, 4.69) is 358 Å². The number of nitrogens with zero attached hydrogens (tertiary/aromatic N) is 5. The normalized spacial score (nSPS) is 14.3. The molecular formula is C119H110BN5. The van der Waals surface area contributed by atoms with E-state index in [1.54, 1.807) is 4.57 Å². The number of anilines is 5. The summed E-state index contributed by atoms with van der Waals surface area (Å²) in [6.45, 7) is 27.9. The summed E-state index contributed by atoms with van der Waals surface area (Å²) < 4.78 is 124. The van der Waals surface area contributed by atoms with Gasteiger partial charge in [-0.3, -0.25) is 0 Å². The molecule has 2 aromatic heterocycles. The van der Waals surface area contributed by atoms with E-state index in [1.165, 1.54) is 38.6 Å². The van der Waals surface area contributed by atoms with Crippen LogP contribution in [0.2, 0.25) is 0 Å². The van der Waals surface area contributed by atoms with Crippen molar-refractivity contribution in [1.29, 1.82) is 0 Å². The van der Waals surface area contributed by atoms with Crippen LogP contribution in [0.1, 0.15) is 162 Å². The van der Waals surface area contributed by atoms with Crippen molar-refractivity contribution in [3.63, 3.8) is 0 Å². The summed E-state index contributed by atoms with van der Waals surface area (Å²) in [6, 6.07) is 98.3. The number of rotatable bonds is 19. The Morgan fingerprint density at radius 1 is 0.296 bits per heavy atom. The predicted octanol–water partition coefficient (Wildman–Crippen LogP) is 28.5. The highest BCUT2D eigenvalue weighted by Gasteiger charge is 2.44. The van der Waals surface area contributed by atoms with Gasteiger partial charge in [0.2, 0.25) is 0 Å². The molecule has 18 aromatic rings. The summed E-state index contributed by atoms with van der Waals surface area (Å²) in [7, 11) is 0. The van der Waals surface area contributed by atoms with Gasteiger partial charge >= 0.3 is 0 Å². The van der Waals surface area contributed by atoms with Crippen LogP contribution >= 0.6 is 0 Å². The van der Waals surface area contributed by atoms with Gasteiger partial charge in [-0.1, -0.05) is 344 Å². The molecule has 20 rings (SSSR count). The Morgan fingerprint density at radius 3 is 1.23 bits per heavy atom. The fourth-order valence-electron chi connectivity index (χ4n) is 19.0. The number of hydrogen-bond acceptors (Lipinski definition) is 3. The lowest BCUT2D eigenvalue weighted by atomic mass is 9.33. The van der Waals surface area contributed by atoms with Crippen molar-refractivity contribution in [2.75, 3.05) is 21.2 Å². The van der Waals surface area contributed by atoms with Gasteiger partial charge in [0.1, 0.15) is 0 Å². The quantitative estimate of drug-likeness (QED) is 0.0752. The molecule has 0 atom stereocenters. The molecule has 614 valence electrons. The molecular weight excluding hydrogens is 1510 g/mol. The Hall–Kier alpha value is -13.4. The van der Waals surface area contributed by atoms with Gasteiger partial charge in [-0.05, 0) is 260 Å². The van der Waals surface area contributed by atoms with Crippen molar-refractivity contribution in [3.8, 4) is 50.2 Å². The molecule has 0 fully saturated rings. The van der Waals surface area contributed by atoms with Crippen LogP contribution in [-0.2, 0) is 60.7 Å². The van der Waals surface area contributed by atoms with Gasteiger partial charge in [0.25, 0.3) is 6.71 Å². The Balaban J connectivity index is 0.843. The molecule has 125 heavy (non-hydrogen) atoms. The smallest absolute Gasteiger partial charge is 0.252 e. The van der Waals surface area contributed by atoms with E-state index in [-0.39, 0.29) is 99.7 Å². The number of hydrogen-bond donors (Lipinski definition) is 0. The number of aromatic nitrogens is 2. The largest absolute Gasteiger partial charge is 0.363 e. The topological polar surface area (TPSA) is 19.6 Å². The van der Waals surface area contributed by atoms with E-state index < -0.39 is 54.4 Å². The second kappa shape index (κ2) is 32.0. The third-order valence-electron chi connectivity index (χ3n) is 25.7. The van der Waals surface area contributed by atoms with Crippen molar-refractivity contribution in [1.82, 2.24) is 9.13 Å². The first-order valence-electron chi connectivity index (χ1n) is 50.4. The van der Waals surface area contributed by atoms with Crippen LogP contribution in [-0.4, -0.2) is 22.4 Å². The first kappa shape index (κ1) is 66.2. The molecule has 0 spiro atoms. The van der Waals surface area contributed by atoms with Gasteiger partial charge in [0.05, 0.1) is 28.9 Å². The minimum Gasteiger partial charge on any atom is -0.363 e. The Labute approximate surface area is 757 Å². The van der Waals surface area contributed by atoms with Gasteiger partial charge in [0, 0.05) is 99.4 Å². The first-order chi connectivity index (χ1) is 65.8. The second-order valence-corrected chi connectivity index (χ2v) is 38.5. The highest BCUT2D eigenvalue weighted by Crippen LogP contribution is 2.46. The molecule has 4 heterocycles. The maximum absolute atomic E-state index is 10.0. The molecule has 5 nitrogen and oxygen atoms in total. The van der Waals surface area contributed by atoms with E-state index >= 15 is 0 Å². The average Bonchev–Trinajstić information content (AvgIpc) is 1.47. The summed E-state index contributed by atoms with van der Waals surface area (Å²) in [4.78, 5) is 7.02. The van der Waals surface area contributed by atoms with Crippen molar-refractivity contribution in [2.24, 2.45) is 0 Å². The van der Waals surface area contributed by atoms with Crippen LogP contribution in [0.5, 0.6) is 0 Å². The summed E-state index contributed by atoms with van der Waals surface area (Å²) in [5.74, 6) is 0. The van der Waals surface area contributed by atoms with Gasteiger partial charge in [0.15, 0.2) is 0 Å². The Kier molecular flexibility index (Phi) is 17.0. The molecule has 0 bridgehead atoms. The molecule has 2 aliphatic rings. The molecule has 0 unspecified atom stereocenters. The van der Waals surface area contributed by atoms with Crippen LogP contribution in [0.15, 0.2) is 364 Å². The lowest BCUT2D eigenvalue weighted by Gasteiger charge is -2.45. The highest BCUT2D eigenvalue weighted by atomic mass is 15.2. The zero-order chi connectivity index (χ0) is 96.9. The molecule has 2 aliphatic heterocycles. The summed E-state index contributed by atoms with van der Waals surface area (Å²) in [5, 5.41) is 2.33. The fraction of sp³-hybridized carbons (Fsp3) is 0.193. The van der Waals surface area contributed by atoms with Crippen LogP contribution in [0.3, 0.4) is 0 Å². The average molecular weight is 1630 g/mol. The molecule has 0 radical (unpaired) electrons. The molecule has 0 amide bonds. The van der Waals surface area contributed by atoms with Gasteiger partial charge in [-0.2, -0.15) is 0 Å². The lowest BCUT2D eigenvalue weighted by molar-refractivity contribution is 0.567. The maximum atomic E-state index is 10.0. The van der Waals surface area contributed by atoms with E-state index in [0.717, 1.165) is 123 Å². The second-order valence-electron chi connectivity index (χ2n) is 38.5. The zero-order valence-electron chi connectivity index (χ0n) is 86.4. The predicted molar refractivity (Wildman–Crippen MR) is 535 cm³/mol. The van der Waals surface area contributed by atoms with Gasteiger partial charge < -0.3 is 23.8 Å². The Morgan fingerprint density at radius 2 is 0.728 bits per heavy atom. The zero-order valence-corrected chi connectivity index (χ0v) is 73.4. The first-order valence-corrected chi connectivity index (χ1v) is 43.9. The molecule has 16 aromatic carbocycles. The van der Waals surface area contributed by atoms with Crippen LogP contribution in [0.4, 0.5) is 28.4 Å². The molecule has 0 saturated carbocycles. The minimum absolute atomic E-state index is 0.000747. The number of fused-ring (bicyclic) bond motifs is 10. The van der Waals surface area contributed by atoms with Crippen molar-refractivity contribution in [3.05, 3.63) is 425 Å². The third-order valence-corrected chi connectivity index (χ3v) is 25.7. The highest BCUT2D eigenvalue weighted by molar-refractivity contribution is 7.00. The molecule has 6 heteroatoms. The summed E-state index contributed by atoms with van der Waals surface area (Å²) >= 11 is 0. The SMILES string of the molecule is [2H]c1c([2H])c([2H])c(N(Cc2ccc(Cn3c4c([2H])c([2H])c([2H])c([2H])c4c4c([2H])c([2H])c([2H])c([2H])c43)cc2)Cc2cc3c4c(c2)N(Cc2cc(-c5ccccc5)cc(-c5ccccc5)c2)c2cc(-n5c6ccc(C(C)(C)C)cc6c6cc(C(C)(C)C)ccc65)ccc2B4c2ccc(Cc4cc(C(C)(C)C)cc(C(C)(C)C)c4)cc2N3CCc2cc(-c3ccccc3)cc(-c3ccccc3)c2)c([2H])c1[2H]. The van der Waals surface area contributed by atoms with E-state index in [4.69, 9.17) is 9.60 Å². The molecule has 0 N–H and O–H groups in total. The van der Waals surface area contributed by atoms with E-state index in [9.17, 15) is 8.22 Å². The standard InChI is InChI=1S/C119H110BN5/c1-116(2,3)95-51-56-109-103(73-95)104-74-96(117(4,5)6)52-57-110(104)125(109)100-53-55-106-112(75-100)124(79-85-63-93(89-36-22-15-23-37-89)71-94(64-85)90-38-24-16-25-39-90)114-69-86(77-121(99-40-26-17-27-41-99)76-80-46-48-81(49-47-80)78-123-107-44-30-28-42-101(107)102-43-29-31-45-108(102)123)68-113-115(114)120(106)105-54-50-82(60-84-65-97(118(7,8)9)72-98(66-84)119(10,11)12)67-111(105)122(113)59-58-83-61-91(87-32-18-13-19-33-87)70-92(62-83)88-34-20-14-21-35-88/h13-57,61-75H,58-60,76-79H2,1-12H3/i17D,26D,27D,28D,29D,30D,31D,40D,41D,42D,43D,44D,45D. The van der Waals surface area contributed by atoms with Crippen molar-refractivity contribution in [2.45, 2.75) is 144 Å². The molecule has 0 saturated heterocycles. The fourth-order valence-corrected chi connectivity index (χ4v) is 19.0. The van der Waals surface area contributed by atoms with E-state index in [0.29, 0.717) is 37.1 Å². The van der Waals surface area contributed by atoms with Crippen LogP contribution < -0.4 is 31.1 Å². The lowest BCUT2D eigenvalue weighted by Crippen LogP contribution is -2.62. The summed E-state index contributed by atoms with van der Waals surface area (Å²) in [6.07, 6.45) is 1.25. The van der Waals surface area contributed by atoms with Crippen LogP contribution in [0.25, 0.3) is 93.8 Å². The third kappa shape index (κ3) is 15.8. The van der Waals surface area contributed by atoms with Crippen LogP contribution in [0, 0.1) is 0 Å². The van der Waals surface area contributed by atoms with Gasteiger partial charge in [-0.15, -0.1) is 0 Å². The maximum Gasteiger partial charge on any atom is 0.252 e. The monoisotopic (exact) mass is 1630 g/mol. The van der Waals surface area contributed by atoms with Crippen molar-refractivity contribution >= 4 is 95.1 Å². The van der Waals surface area contributed by atoms with Gasteiger partial charge in [-0.25, -0.2) is 0 Å². The summed E-state index contributed by atoms with van der Waals surface area (Å²) in [5.41, 5.74) is 30.4. The van der Waals surface area contributed by atoms with Crippen molar-refractivity contribution < 1.29 is 17.8 Å². The Bertz CT molecular complexity index is 7620. The minimum atomic E-state index is -0.525. The molecule has 0 aliphatic carbocycles. The van der Waals surface area contributed by atoms with E-state index in [1.807, 2.05) is 29.2 Å². The number of para-hydroxylation sites is 3.